The minimum Gasteiger partial charge on any atom is -0.444 e. The van der Waals surface area contributed by atoms with Crippen molar-refractivity contribution in [3.8, 4) is 0 Å². The largest absolute Gasteiger partial charge is 0.444 e. The van der Waals surface area contributed by atoms with Gasteiger partial charge in [0.05, 0.1) is 0 Å². The molecule has 1 heterocycles. The number of ether oxygens (including phenoxy) is 1. The Hall–Kier alpha value is -1.07. The maximum Gasteiger partial charge on any atom is 0.410 e. The number of hydrogen-bond donors (Lipinski definition) is 1. The lowest BCUT2D eigenvalue weighted by molar-refractivity contribution is 0.0235. The predicted molar refractivity (Wildman–Crippen MR) is 82.3 cm³/mol. The molecule has 2 rings (SSSR count). The average molecular weight is 341 g/mol. The summed E-state index contributed by atoms with van der Waals surface area (Å²) in [5.41, 5.74) is 7.90. The highest BCUT2D eigenvalue weighted by molar-refractivity contribution is 9.10. The first kappa shape index (κ1) is 15.3. The van der Waals surface area contributed by atoms with Gasteiger partial charge < -0.3 is 15.4 Å². The van der Waals surface area contributed by atoms with Gasteiger partial charge in [0.25, 0.3) is 0 Å². The van der Waals surface area contributed by atoms with Gasteiger partial charge in [-0.2, -0.15) is 0 Å². The fourth-order valence-electron chi connectivity index (χ4n) is 2.29. The molecule has 1 amide bonds. The van der Waals surface area contributed by atoms with Crippen molar-refractivity contribution in [2.45, 2.75) is 45.4 Å². The first-order valence-electron chi connectivity index (χ1n) is 6.78. The zero-order valence-corrected chi connectivity index (χ0v) is 13.7. The van der Waals surface area contributed by atoms with Gasteiger partial charge in [-0.25, -0.2) is 4.79 Å². The van der Waals surface area contributed by atoms with Crippen molar-refractivity contribution in [2.75, 3.05) is 6.54 Å². The number of nitrogens with zero attached hydrogens (tertiary/aromatic N) is 1. The number of rotatable bonds is 0. The molecule has 0 radical (unpaired) electrons. The van der Waals surface area contributed by atoms with Crippen LogP contribution >= 0.6 is 15.9 Å². The molecule has 5 heteroatoms. The second-order valence-electron chi connectivity index (χ2n) is 6.14. The van der Waals surface area contributed by atoms with Crippen LogP contribution in [-0.2, 0) is 11.3 Å². The SMILES string of the molecule is CC(C)(C)OC(=O)N1CCC(N)c2ccc(Br)cc2C1. The smallest absolute Gasteiger partial charge is 0.410 e. The number of hydrogen-bond acceptors (Lipinski definition) is 3. The van der Waals surface area contributed by atoms with Crippen molar-refractivity contribution in [2.24, 2.45) is 5.73 Å². The molecule has 1 atom stereocenters. The van der Waals surface area contributed by atoms with Gasteiger partial charge in [0, 0.05) is 23.6 Å². The highest BCUT2D eigenvalue weighted by atomic mass is 79.9. The van der Waals surface area contributed by atoms with E-state index >= 15 is 0 Å². The molecule has 0 aromatic heterocycles. The molecule has 0 aliphatic carbocycles. The Morgan fingerprint density at radius 3 is 2.80 bits per heavy atom. The highest BCUT2D eigenvalue weighted by Gasteiger charge is 2.26. The summed E-state index contributed by atoms with van der Waals surface area (Å²) in [6.07, 6.45) is 0.464. The van der Waals surface area contributed by atoms with Crippen molar-refractivity contribution < 1.29 is 9.53 Å². The summed E-state index contributed by atoms with van der Waals surface area (Å²) in [7, 11) is 0. The molecule has 1 aromatic rings. The molecule has 0 saturated carbocycles. The Balaban J connectivity index is 2.22. The molecule has 0 bridgehead atoms. The fraction of sp³-hybridized carbons (Fsp3) is 0.533. The van der Waals surface area contributed by atoms with E-state index in [9.17, 15) is 4.79 Å². The van der Waals surface area contributed by atoms with Gasteiger partial charge in [-0.15, -0.1) is 0 Å². The lowest BCUT2D eigenvalue weighted by Gasteiger charge is -2.26. The minimum absolute atomic E-state index is 0.0365. The van der Waals surface area contributed by atoms with Crippen LogP contribution in [0, 0.1) is 0 Å². The quantitative estimate of drug-likeness (QED) is 0.785. The van der Waals surface area contributed by atoms with Crippen molar-refractivity contribution >= 4 is 22.0 Å². The van der Waals surface area contributed by atoms with Gasteiger partial charge in [-0.1, -0.05) is 22.0 Å². The van der Waals surface area contributed by atoms with Crippen LogP contribution in [0.5, 0.6) is 0 Å². The Morgan fingerprint density at radius 2 is 2.15 bits per heavy atom. The van der Waals surface area contributed by atoms with Crippen LogP contribution in [0.1, 0.15) is 44.4 Å². The van der Waals surface area contributed by atoms with E-state index in [1.54, 1.807) is 4.90 Å². The molecular weight excluding hydrogens is 320 g/mol. The lowest BCUT2D eigenvalue weighted by Crippen LogP contribution is -2.36. The number of fused-ring (bicyclic) bond motifs is 1. The van der Waals surface area contributed by atoms with Crippen molar-refractivity contribution in [1.29, 1.82) is 0 Å². The van der Waals surface area contributed by atoms with Gasteiger partial charge >= 0.3 is 6.09 Å². The third kappa shape index (κ3) is 3.73. The van der Waals surface area contributed by atoms with Crippen LogP contribution < -0.4 is 5.73 Å². The third-order valence-electron chi connectivity index (χ3n) is 3.23. The topological polar surface area (TPSA) is 55.6 Å². The molecule has 0 saturated heterocycles. The van der Waals surface area contributed by atoms with Gasteiger partial charge in [0.2, 0.25) is 0 Å². The third-order valence-corrected chi connectivity index (χ3v) is 3.72. The molecule has 1 aliphatic heterocycles. The van der Waals surface area contributed by atoms with Crippen LogP contribution in [0.4, 0.5) is 4.79 Å². The summed E-state index contributed by atoms with van der Waals surface area (Å²) < 4.78 is 6.44. The van der Waals surface area contributed by atoms with Gasteiger partial charge in [0.1, 0.15) is 5.60 Å². The highest BCUT2D eigenvalue weighted by Crippen LogP contribution is 2.28. The summed E-state index contributed by atoms with van der Waals surface area (Å²) >= 11 is 3.47. The van der Waals surface area contributed by atoms with Gasteiger partial charge in [0.15, 0.2) is 0 Å². The molecule has 4 nitrogen and oxygen atoms in total. The second kappa shape index (κ2) is 5.74. The number of carbonyl (C=O) groups is 1. The Kier molecular flexibility index (Phi) is 4.39. The Bertz CT molecular complexity index is 511. The first-order chi connectivity index (χ1) is 9.26. The summed E-state index contributed by atoms with van der Waals surface area (Å²) in [6.45, 7) is 6.77. The molecule has 1 aliphatic rings. The predicted octanol–water partition coefficient (Wildman–Crippen LogP) is 3.59. The number of halogens is 1. The number of nitrogens with two attached hydrogens (primary N) is 1. The van der Waals surface area contributed by atoms with E-state index in [-0.39, 0.29) is 12.1 Å². The molecular formula is C15H21BrN2O2. The van der Waals surface area contributed by atoms with Crippen LogP contribution in [0.3, 0.4) is 0 Å². The van der Waals surface area contributed by atoms with E-state index in [4.69, 9.17) is 10.5 Å². The van der Waals surface area contributed by atoms with E-state index in [1.807, 2.05) is 39.0 Å². The number of benzene rings is 1. The van der Waals surface area contributed by atoms with Crippen LogP contribution in [0.2, 0.25) is 0 Å². The van der Waals surface area contributed by atoms with E-state index in [2.05, 4.69) is 15.9 Å². The molecule has 20 heavy (non-hydrogen) atoms. The zero-order valence-electron chi connectivity index (χ0n) is 12.1. The maximum atomic E-state index is 12.2. The van der Waals surface area contributed by atoms with E-state index < -0.39 is 5.60 Å². The monoisotopic (exact) mass is 340 g/mol. The zero-order chi connectivity index (χ0) is 14.9. The summed E-state index contributed by atoms with van der Waals surface area (Å²) in [4.78, 5) is 13.9. The molecule has 1 unspecified atom stereocenters. The lowest BCUT2D eigenvalue weighted by atomic mass is 10.0. The number of carbonyl (C=O) groups excluding carboxylic acids is 1. The Labute approximate surface area is 128 Å². The normalized spacial score (nSPS) is 19.2. The summed E-state index contributed by atoms with van der Waals surface area (Å²) in [6, 6.07) is 6.01. The molecule has 1 aromatic carbocycles. The minimum atomic E-state index is -0.481. The Morgan fingerprint density at radius 1 is 1.45 bits per heavy atom. The van der Waals surface area contributed by atoms with Crippen molar-refractivity contribution in [1.82, 2.24) is 4.90 Å². The van der Waals surface area contributed by atoms with Crippen LogP contribution in [-0.4, -0.2) is 23.1 Å². The van der Waals surface area contributed by atoms with Crippen LogP contribution in [0.25, 0.3) is 0 Å². The summed E-state index contributed by atoms with van der Waals surface area (Å²) in [5, 5.41) is 0. The average Bonchev–Trinajstić information content (AvgIpc) is 2.46. The molecule has 2 N–H and O–H groups in total. The molecule has 110 valence electrons. The summed E-state index contributed by atoms with van der Waals surface area (Å²) in [5.74, 6) is 0. The number of amides is 1. The van der Waals surface area contributed by atoms with E-state index in [1.165, 1.54) is 0 Å². The first-order valence-corrected chi connectivity index (χ1v) is 7.57. The molecule has 0 spiro atoms. The van der Waals surface area contributed by atoms with Crippen LogP contribution in [0.15, 0.2) is 22.7 Å². The van der Waals surface area contributed by atoms with E-state index in [0.29, 0.717) is 13.1 Å². The van der Waals surface area contributed by atoms with Crippen molar-refractivity contribution in [3.63, 3.8) is 0 Å². The molecule has 0 fully saturated rings. The van der Waals surface area contributed by atoms with Crippen molar-refractivity contribution in [3.05, 3.63) is 33.8 Å². The maximum absolute atomic E-state index is 12.2. The second-order valence-corrected chi connectivity index (χ2v) is 7.06. The van der Waals surface area contributed by atoms with E-state index in [0.717, 1.165) is 22.0 Å². The standard InChI is InChI=1S/C15H21BrN2O2/c1-15(2,3)20-14(19)18-7-6-13(17)12-5-4-11(16)8-10(12)9-18/h4-5,8,13H,6-7,9,17H2,1-3H3. The van der Waals surface area contributed by atoms with Gasteiger partial charge in [-0.3, -0.25) is 0 Å². The van der Waals surface area contributed by atoms with Gasteiger partial charge in [-0.05, 0) is 50.5 Å². The fourth-order valence-corrected chi connectivity index (χ4v) is 2.70.